The summed E-state index contributed by atoms with van der Waals surface area (Å²) in [4.78, 5) is 29.6. The van der Waals surface area contributed by atoms with Gasteiger partial charge in [-0.1, -0.05) is 30.3 Å². The Morgan fingerprint density at radius 1 is 1.07 bits per heavy atom. The smallest absolute Gasteiger partial charge is 0.230 e. The van der Waals surface area contributed by atoms with Gasteiger partial charge in [0, 0.05) is 51.5 Å². The van der Waals surface area contributed by atoms with Crippen LogP contribution in [0.2, 0.25) is 0 Å². The van der Waals surface area contributed by atoms with Crippen LogP contribution in [0.3, 0.4) is 0 Å². The summed E-state index contributed by atoms with van der Waals surface area (Å²) < 4.78 is 1.85. The van der Waals surface area contributed by atoms with Crippen molar-refractivity contribution in [3.05, 3.63) is 54.4 Å². The first-order valence-corrected chi connectivity index (χ1v) is 10.2. The van der Waals surface area contributed by atoms with E-state index in [0.717, 1.165) is 45.3 Å². The van der Waals surface area contributed by atoms with Gasteiger partial charge in [-0.2, -0.15) is 5.10 Å². The molecule has 2 aliphatic rings. The van der Waals surface area contributed by atoms with Crippen LogP contribution in [0.25, 0.3) is 0 Å². The van der Waals surface area contributed by atoms with Gasteiger partial charge in [0.1, 0.15) is 0 Å². The Morgan fingerprint density at radius 3 is 2.68 bits per heavy atom. The molecule has 6 nitrogen and oxygen atoms in total. The van der Waals surface area contributed by atoms with E-state index >= 15 is 0 Å². The molecule has 28 heavy (non-hydrogen) atoms. The van der Waals surface area contributed by atoms with E-state index in [0.29, 0.717) is 19.5 Å². The zero-order chi connectivity index (χ0) is 19.4. The molecule has 1 aromatic carbocycles. The molecule has 2 saturated heterocycles. The minimum absolute atomic E-state index is 0.166. The summed E-state index contributed by atoms with van der Waals surface area (Å²) >= 11 is 0. The number of rotatable bonds is 7. The summed E-state index contributed by atoms with van der Waals surface area (Å²) in [5.41, 5.74) is 0.922. The Kier molecular flexibility index (Phi) is 5.46. The molecule has 1 aromatic heterocycles. The summed E-state index contributed by atoms with van der Waals surface area (Å²) in [6.07, 6.45) is 7.52. The minimum atomic E-state index is -0.339. The standard InChI is InChI=1S/C22H28N4O2/c27-20(8-4-13-26-14-5-12-23-26)25-17-11-22(18-25)10-16-24(21(22)28)15-9-19-6-2-1-3-7-19/h1-3,5-7,12,14H,4,8-11,13,15-18H2. The van der Waals surface area contributed by atoms with Gasteiger partial charge in [-0.3, -0.25) is 14.3 Å². The van der Waals surface area contributed by atoms with Gasteiger partial charge in [0.2, 0.25) is 11.8 Å². The van der Waals surface area contributed by atoms with E-state index in [-0.39, 0.29) is 17.2 Å². The highest BCUT2D eigenvalue weighted by molar-refractivity contribution is 5.87. The Balaban J connectivity index is 1.26. The van der Waals surface area contributed by atoms with Gasteiger partial charge in [-0.25, -0.2) is 0 Å². The number of aryl methyl sites for hydroxylation is 1. The van der Waals surface area contributed by atoms with Gasteiger partial charge in [0.05, 0.1) is 5.41 Å². The average molecular weight is 380 g/mol. The van der Waals surface area contributed by atoms with Crippen molar-refractivity contribution in [1.29, 1.82) is 0 Å². The highest BCUT2D eigenvalue weighted by atomic mass is 16.2. The van der Waals surface area contributed by atoms with Gasteiger partial charge in [0.25, 0.3) is 0 Å². The summed E-state index contributed by atoms with van der Waals surface area (Å²) in [5.74, 6) is 0.412. The Labute approximate surface area is 166 Å². The molecule has 2 fully saturated rings. The van der Waals surface area contributed by atoms with Crippen molar-refractivity contribution in [3.63, 3.8) is 0 Å². The first-order valence-electron chi connectivity index (χ1n) is 10.2. The van der Waals surface area contributed by atoms with E-state index in [9.17, 15) is 9.59 Å². The van der Waals surface area contributed by atoms with Crippen molar-refractivity contribution in [2.75, 3.05) is 26.2 Å². The number of nitrogens with zero attached hydrogens (tertiary/aromatic N) is 4. The van der Waals surface area contributed by atoms with Crippen LogP contribution in [-0.4, -0.2) is 57.6 Å². The molecule has 6 heteroatoms. The maximum Gasteiger partial charge on any atom is 0.230 e. The van der Waals surface area contributed by atoms with Crippen LogP contribution in [0.15, 0.2) is 48.8 Å². The van der Waals surface area contributed by atoms with Gasteiger partial charge < -0.3 is 9.80 Å². The number of amides is 2. The van der Waals surface area contributed by atoms with Crippen molar-refractivity contribution in [2.45, 2.75) is 38.6 Å². The predicted octanol–water partition coefficient (Wildman–Crippen LogP) is 2.36. The fourth-order valence-electron chi connectivity index (χ4n) is 4.46. The molecule has 0 saturated carbocycles. The van der Waals surface area contributed by atoms with E-state index < -0.39 is 0 Å². The lowest BCUT2D eigenvalue weighted by molar-refractivity contribution is -0.136. The summed E-state index contributed by atoms with van der Waals surface area (Å²) in [5, 5.41) is 4.17. The molecule has 4 rings (SSSR count). The number of hydrogen-bond acceptors (Lipinski definition) is 3. The quantitative estimate of drug-likeness (QED) is 0.741. The Morgan fingerprint density at radius 2 is 1.89 bits per heavy atom. The topological polar surface area (TPSA) is 58.4 Å². The Bertz CT molecular complexity index is 805. The van der Waals surface area contributed by atoms with Crippen molar-refractivity contribution < 1.29 is 9.59 Å². The van der Waals surface area contributed by atoms with Gasteiger partial charge in [0.15, 0.2) is 0 Å². The SMILES string of the molecule is O=C(CCCn1cccn1)N1CCC2(CCN(CCc3ccccc3)C2=O)C1. The normalized spacial score (nSPS) is 21.8. The van der Waals surface area contributed by atoms with E-state index in [2.05, 4.69) is 17.2 Å². The predicted molar refractivity (Wildman–Crippen MR) is 106 cm³/mol. The van der Waals surface area contributed by atoms with E-state index in [4.69, 9.17) is 0 Å². The highest BCUT2D eigenvalue weighted by Crippen LogP contribution is 2.40. The van der Waals surface area contributed by atoms with Crippen LogP contribution in [0.1, 0.15) is 31.2 Å². The average Bonchev–Trinajstić information content (AvgIpc) is 3.45. The fourth-order valence-corrected chi connectivity index (χ4v) is 4.46. The van der Waals surface area contributed by atoms with E-state index in [1.807, 2.05) is 44.9 Å². The molecular formula is C22H28N4O2. The zero-order valence-corrected chi connectivity index (χ0v) is 16.3. The lowest BCUT2D eigenvalue weighted by Crippen LogP contribution is -2.39. The zero-order valence-electron chi connectivity index (χ0n) is 16.3. The molecule has 2 amide bonds. The number of benzene rings is 1. The third kappa shape index (κ3) is 3.96. The first kappa shape index (κ1) is 18.7. The second-order valence-electron chi connectivity index (χ2n) is 8.00. The molecule has 0 aliphatic carbocycles. The minimum Gasteiger partial charge on any atom is -0.342 e. The third-order valence-corrected chi connectivity index (χ3v) is 6.16. The van der Waals surface area contributed by atoms with Crippen LogP contribution in [0.4, 0.5) is 0 Å². The number of hydrogen-bond donors (Lipinski definition) is 0. The molecule has 1 atom stereocenters. The molecule has 1 spiro atoms. The van der Waals surface area contributed by atoms with Crippen LogP contribution in [-0.2, 0) is 22.6 Å². The van der Waals surface area contributed by atoms with Crippen molar-refractivity contribution in [2.24, 2.45) is 5.41 Å². The van der Waals surface area contributed by atoms with E-state index in [1.54, 1.807) is 6.20 Å². The monoisotopic (exact) mass is 380 g/mol. The molecule has 3 heterocycles. The first-order chi connectivity index (χ1) is 13.7. The lowest BCUT2D eigenvalue weighted by atomic mass is 9.85. The van der Waals surface area contributed by atoms with Crippen LogP contribution in [0.5, 0.6) is 0 Å². The molecule has 148 valence electrons. The molecular weight excluding hydrogens is 352 g/mol. The summed E-state index contributed by atoms with van der Waals surface area (Å²) in [6, 6.07) is 12.2. The maximum atomic E-state index is 13.1. The summed E-state index contributed by atoms with van der Waals surface area (Å²) in [6.45, 7) is 3.63. The largest absolute Gasteiger partial charge is 0.342 e. The molecule has 0 bridgehead atoms. The van der Waals surface area contributed by atoms with Gasteiger partial charge in [-0.15, -0.1) is 0 Å². The number of aromatic nitrogens is 2. The molecule has 1 unspecified atom stereocenters. The van der Waals surface area contributed by atoms with Gasteiger partial charge in [-0.05, 0) is 37.3 Å². The van der Waals surface area contributed by atoms with Crippen LogP contribution in [0, 0.1) is 5.41 Å². The van der Waals surface area contributed by atoms with Gasteiger partial charge >= 0.3 is 0 Å². The van der Waals surface area contributed by atoms with Crippen molar-refractivity contribution in [1.82, 2.24) is 19.6 Å². The number of carbonyl (C=O) groups is 2. The second-order valence-corrected chi connectivity index (χ2v) is 8.00. The molecule has 2 aromatic rings. The Hall–Kier alpha value is -2.63. The molecule has 0 radical (unpaired) electrons. The fraction of sp³-hybridized carbons (Fsp3) is 0.500. The van der Waals surface area contributed by atoms with Crippen molar-refractivity contribution >= 4 is 11.8 Å². The van der Waals surface area contributed by atoms with E-state index in [1.165, 1.54) is 5.56 Å². The lowest BCUT2D eigenvalue weighted by Gasteiger charge is -2.24. The number of carbonyl (C=O) groups excluding carboxylic acids is 2. The highest BCUT2D eigenvalue weighted by Gasteiger charge is 2.51. The third-order valence-electron chi connectivity index (χ3n) is 6.16. The molecule has 0 N–H and O–H groups in total. The molecule has 2 aliphatic heterocycles. The second kappa shape index (κ2) is 8.17. The van der Waals surface area contributed by atoms with Crippen LogP contribution >= 0.6 is 0 Å². The summed E-state index contributed by atoms with van der Waals surface area (Å²) in [7, 11) is 0. The number of likely N-dealkylation sites (tertiary alicyclic amines) is 2. The van der Waals surface area contributed by atoms with Crippen molar-refractivity contribution in [3.8, 4) is 0 Å². The van der Waals surface area contributed by atoms with Crippen LogP contribution < -0.4 is 0 Å². The maximum absolute atomic E-state index is 13.1.